The number of sulfonamides is 1. The van der Waals surface area contributed by atoms with Crippen molar-refractivity contribution >= 4 is 16.0 Å². The van der Waals surface area contributed by atoms with Gasteiger partial charge in [-0.1, -0.05) is 12.1 Å². The second kappa shape index (κ2) is 5.94. The summed E-state index contributed by atoms with van der Waals surface area (Å²) in [4.78, 5) is 11.2. The second-order valence-electron chi connectivity index (χ2n) is 5.34. The number of hydrogen-bond acceptors (Lipinski definition) is 4. The zero-order valence-corrected chi connectivity index (χ0v) is 13.2. The van der Waals surface area contributed by atoms with Crippen LogP contribution >= 0.6 is 0 Å². The van der Waals surface area contributed by atoms with Crippen LogP contribution in [0, 0.1) is 12.7 Å². The molecule has 0 aliphatic carbocycles. The Hall–Kier alpha value is -1.51. The van der Waals surface area contributed by atoms with Gasteiger partial charge < -0.3 is 9.84 Å². The van der Waals surface area contributed by atoms with Crippen molar-refractivity contribution in [1.82, 2.24) is 4.31 Å². The Morgan fingerprint density at radius 3 is 2.77 bits per heavy atom. The van der Waals surface area contributed by atoms with E-state index in [-0.39, 0.29) is 25.1 Å². The number of rotatable bonds is 5. The standard InChI is InChI=1S/C14H18FNO5S/c1-10-5-3-6-11(12(10)15)22(19,20)16-8-4-7-14(16,9-21-2)13(17)18/h3,5-6H,4,7-9H2,1-2H3,(H,17,18). The quantitative estimate of drug-likeness (QED) is 0.881. The number of carbonyl (C=O) groups is 1. The van der Waals surface area contributed by atoms with Gasteiger partial charge in [0.1, 0.15) is 10.7 Å². The molecular formula is C14H18FNO5S. The highest BCUT2D eigenvalue weighted by Crippen LogP contribution is 2.36. The van der Waals surface area contributed by atoms with Crippen molar-refractivity contribution < 1.29 is 27.4 Å². The van der Waals surface area contributed by atoms with Gasteiger partial charge in [-0.3, -0.25) is 4.79 Å². The maximum atomic E-state index is 14.2. The first-order valence-corrected chi connectivity index (χ1v) is 8.21. The number of carboxylic acids is 1. The first kappa shape index (κ1) is 16.9. The number of methoxy groups -OCH3 is 1. The molecule has 1 heterocycles. The molecule has 1 aliphatic heterocycles. The Morgan fingerprint density at radius 2 is 2.18 bits per heavy atom. The zero-order chi connectivity index (χ0) is 16.5. The SMILES string of the molecule is COCC1(C(=O)O)CCCN1S(=O)(=O)c1cccc(C)c1F. The van der Waals surface area contributed by atoms with Crippen molar-refractivity contribution in [2.75, 3.05) is 20.3 Å². The average Bonchev–Trinajstić information content (AvgIpc) is 2.88. The molecule has 1 atom stereocenters. The third kappa shape index (κ3) is 2.51. The Balaban J connectivity index is 2.57. The van der Waals surface area contributed by atoms with Crippen molar-refractivity contribution in [1.29, 1.82) is 0 Å². The molecule has 1 aromatic carbocycles. The monoisotopic (exact) mass is 331 g/mol. The first-order valence-electron chi connectivity index (χ1n) is 6.77. The average molecular weight is 331 g/mol. The second-order valence-corrected chi connectivity index (χ2v) is 7.17. The van der Waals surface area contributed by atoms with Gasteiger partial charge in [0.2, 0.25) is 10.0 Å². The number of halogens is 1. The summed E-state index contributed by atoms with van der Waals surface area (Å²) in [7, 11) is -2.96. The van der Waals surface area contributed by atoms with Gasteiger partial charge >= 0.3 is 5.97 Å². The van der Waals surface area contributed by atoms with Crippen LogP contribution in [0.4, 0.5) is 4.39 Å². The molecule has 1 unspecified atom stereocenters. The van der Waals surface area contributed by atoms with Gasteiger partial charge in [0.05, 0.1) is 6.61 Å². The largest absolute Gasteiger partial charge is 0.480 e. The Bertz CT molecular complexity index is 690. The highest BCUT2D eigenvalue weighted by atomic mass is 32.2. The molecule has 8 heteroatoms. The highest BCUT2D eigenvalue weighted by Gasteiger charge is 2.54. The van der Waals surface area contributed by atoms with Crippen molar-refractivity contribution in [3.63, 3.8) is 0 Å². The van der Waals surface area contributed by atoms with Crippen molar-refractivity contribution in [2.45, 2.75) is 30.2 Å². The molecular weight excluding hydrogens is 313 g/mol. The summed E-state index contributed by atoms with van der Waals surface area (Å²) >= 11 is 0. The fraction of sp³-hybridized carbons (Fsp3) is 0.500. The van der Waals surface area contributed by atoms with Crippen LogP contribution in [-0.4, -0.2) is 49.6 Å². The normalized spacial score (nSPS) is 22.9. The number of ether oxygens (including phenoxy) is 1. The fourth-order valence-corrected chi connectivity index (χ4v) is 4.73. The van der Waals surface area contributed by atoms with E-state index >= 15 is 0 Å². The lowest BCUT2D eigenvalue weighted by atomic mass is 9.99. The molecule has 0 amide bonds. The fourth-order valence-electron chi connectivity index (χ4n) is 2.80. The van der Waals surface area contributed by atoms with Crippen LogP contribution in [0.15, 0.2) is 23.1 Å². The summed E-state index contributed by atoms with van der Waals surface area (Å²) in [5.41, 5.74) is -1.50. The molecule has 1 aliphatic rings. The summed E-state index contributed by atoms with van der Waals surface area (Å²) in [6.07, 6.45) is 0.505. The maximum Gasteiger partial charge on any atom is 0.327 e. The van der Waals surface area contributed by atoms with Gasteiger partial charge in [0.15, 0.2) is 5.54 Å². The van der Waals surface area contributed by atoms with E-state index in [2.05, 4.69) is 0 Å². The van der Waals surface area contributed by atoms with E-state index in [0.29, 0.717) is 6.42 Å². The van der Waals surface area contributed by atoms with Crippen molar-refractivity contribution in [3.8, 4) is 0 Å². The molecule has 0 radical (unpaired) electrons. The Labute approximate surface area is 128 Å². The number of hydrogen-bond donors (Lipinski definition) is 1. The van der Waals surface area contributed by atoms with Crippen molar-refractivity contribution in [3.05, 3.63) is 29.6 Å². The van der Waals surface area contributed by atoms with Gasteiger partial charge in [0.25, 0.3) is 0 Å². The van der Waals surface area contributed by atoms with Gasteiger partial charge in [-0.15, -0.1) is 0 Å². The van der Waals surface area contributed by atoms with Crippen LogP contribution in [0.1, 0.15) is 18.4 Å². The first-order chi connectivity index (χ1) is 10.3. The van der Waals surface area contributed by atoms with Crippen molar-refractivity contribution in [2.24, 2.45) is 0 Å². The summed E-state index contributed by atoms with van der Waals surface area (Å²) in [6.45, 7) is 1.19. The molecule has 122 valence electrons. The predicted octanol–water partition coefficient (Wildman–Crippen LogP) is 1.39. The molecule has 6 nitrogen and oxygen atoms in total. The van der Waals surface area contributed by atoms with Gasteiger partial charge in [0, 0.05) is 13.7 Å². The topological polar surface area (TPSA) is 83.9 Å². The minimum absolute atomic E-state index is 0.0192. The molecule has 1 N–H and O–H groups in total. The molecule has 1 fully saturated rings. The summed E-state index contributed by atoms with van der Waals surface area (Å²) in [6, 6.07) is 4.04. The third-order valence-electron chi connectivity index (χ3n) is 3.93. The number of benzene rings is 1. The minimum Gasteiger partial charge on any atom is -0.480 e. The Morgan fingerprint density at radius 1 is 1.50 bits per heavy atom. The van der Waals surface area contributed by atoms with E-state index in [4.69, 9.17) is 4.74 Å². The van der Waals surface area contributed by atoms with E-state index < -0.39 is 32.2 Å². The maximum absolute atomic E-state index is 14.2. The Kier molecular flexibility index (Phi) is 4.55. The van der Waals surface area contributed by atoms with Gasteiger partial charge in [-0.2, -0.15) is 4.31 Å². The molecule has 0 aromatic heterocycles. The number of aryl methyl sites for hydroxylation is 1. The van der Waals surface area contributed by atoms with E-state index in [0.717, 1.165) is 10.4 Å². The van der Waals surface area contributed by atoms with Crippen LogP contribution in [0.25, 0.3) is 0 Å². The highest BCUT2D eigenvalue weighted by molar-refractivity contribution is 7.89. The van der Waals surface area contributed by atoms with Gasteiger partial charge in [-0.25, -0.2) is 12.8 Å². The van der Waals surface area contributed by atoms with Gasteiger partial charge in [-0.05, 0) is 31.4 Å². The molecule has 0 saturated carbocycles. The third-order valence-corrected chi connectivity index (χ3v) is 5.92. The lowest BCUT2D eigenvalue weighted by Crippen LogP contribution is -2.56. The van der Waals surface area contributed by atoms with E-state index in [9.17, 15) is 22.7 Å². The summed E-state index contributed by atoms with van der Waals surface area (Å²) < 4.78 is 45.5. The van der Waals surface area contributed by atoms with Crippen LogP contribution in [-0.2, 0) is 19.6 Å². The molecule has 0 spiro atoms. The molecule has 0 bridgehead atoms. The predicted molar refractivity (Wildman–Crippen MR) is 76.5 cm³/mol. The minimum atomic E-state index is -4.27. The van der Waals surface area contributed by atoms with Crippen LogP contribution < -0.4 is 0 Å². The van der Waals surface area contributed by atoms with Crippen LogP contribution in [0.3, 0.4) is 0 Å². The lowest BCUT2D eigenvalue weighted by molar-refractivity contribution is -0.150. The molecule has 22 heavy (non-hydrogen) atoms. The number of nitrogens with zero attached hydrogens (tertiary/aromatic N) is 1. The van der Waals surface area contributed by atoms with E-state index in [1.807, 2.05) is 0 Å². The molecule has 1 saturated heterocycles. The zero-order valence-electron chi connectivity index (χ0n) is 12.4. The van der Waals surface area contributed by atoms with Crippen LogP contribution in [0.2, 0.25) is 0 Å². The van der Waals surface area contributed by atoms with Crippen LogP contribution in [0.5, 0.6) is 0 Å². The molecule has 2 rings (SSSR count). The number of carboxylic acid groups (broad SMARTS) is 1. The smallest absolute Gasteiger partial charge is 0.327 e. The molecule has 1 aromatic rings. The summed E-state index contributed by atoms with van der Waals surface area (Å²) in [5.74, 6) is -2.14. The van der Waals surface area contributed by atoms with E-state index in [1.165, 1.54) is 26.2 Å². The van der Waals surface area contributed by atoms with E-state index in [1.54, 1.807) is 0 Å². The summed E-state index contributed by atoms with van der Waals surface area (Å²) in [5, 5.41) is 9.52. The lowest BCUT2D eigenvalue weighted by Gasteiger charge is -2.33. The number of aliphatic carboxylic acids is 1.